The van der Waals surface area contributed by atoms with Gasteiger partial charge in [-0.3, -0.25) is 9.78 Å². The maximum absolute atomic E-state index is 13.0. The lowest BCUT2D eigenvalue weighted by Crippen LogP contribution is -2.44. The zero-order valence-corrected chi connectivity index (χ0v) is 16.1. The molecule has 1 fully saturated rings. The van der Waals surface area contributed by atoms with Crippen LogP contribution in [0.1, 0.15) is 23.7 Å². The Balaban J connectivity index is 1.62. The van der Waals surface area contributed by atoms with Gasteiger partial charge in [-0.25, -0.2) is 4.79 Å². The summed E-state index contributed by atoms with van der Waals surface area (Å²) in [6.45, 7) is 3.57. The summed E-state index contributed by atoms with van der Waals surface area (Å²) in [5.74, 6) is 0.470. The lowest BCUT2D eigenvalue weighted by atomic mass is 10.0. The van der Waals surface area contributed by atoms with E-state index in [1.165, 1.54) is 0 Å². The van der Waals surface area contributed by atoms with Crippen LogP contribution in [0.3, 0.4) is 0 Å². The minimum absolute atomic E-state index is 0.0870. The summed E-state index contributed by atoms with van der Waals surface area (Å²) in [7, 11) is 1.78. The van der Waals surface area contributed by atoms with Gasteiger partial charge in [-0.15, -0.1) is 0 Å². The number of carbonyl (C=O) groups excluding carboxylic acids is 2. The molecule has 1 aromatic heterocycles. The first-order chi connectivity index (χ1) is 13.6. The van der Waals surface area contributed by atoms with Gasteiger partial charge < -0.3 is 19.9 Å². The van der Waals surface area contributed by atoms with Crippen molar-refractivity contribution < 1.29 is 14.3 Å². The molecule has 146 valence electrons. The molecular formula is C21H24N4O3. The molecule has 4 rings (SSSR count). The number of rotatable bonds is 3. The Kier molecular flexibility index (Phi) is 4.90. The number of nitrogens with one attached hydrogen (secondary N) is 1. The van der Waals surface area contributed by atoms with Crippen LogP contribution in [0.2, 0.25) is 0 Å². The molecule has 7 heteroatoms. The molecule has 1 N–H and O–H groups in total. The summed E-state index contributed by atoms with van der Waals surface area (Å²) >= 11 is 0. The number of pyridine rings is 1. The number of hydrogen-bond donors (Lipinski definition) is 1. The number of likely N-dealkylation sites (tertiary alicyclic amines) is 1. The van der Waals surface area contributed by atoms with Crippen LogP contribution < -0.4 is 10.1 Å². The number of urea groups is 1. The first kappa shape index (κ1) is 18.3. The maximum Gasteiger partial charge on any atom is 0.317 e. The van der Waals surface area contributed by atoms with E-state index in [0.29, 0.717) is 30.9 Å². The number of aromatic nitrogens is 1. The Hall–Kier alpha value is -3.09. The van der Waals surface area contributed by atoms with Crippen LogP contribution in [0, 0.1) is 0 Å². The minimum atomic E-state index is -0.258. The zero-order chi connectivity index (χ0) is 19.7. The summed E-state index contributed by atoms with van der Waals surface area (Å²) < 4.78 is 6.26. The maximum atomic E-state index is 13.0. The highest BCUT2D eigenvalue weighted by atomic mass is 16.5. The summed E-state index contributed by atoms with van der Waals surface area (Å²) in [6, 6.07) is 9.18. The van der Waals surface area contributed by atoms with Crippen molar-refractivity contribution in [1.82, 2.24) is 20.1 Å². The Morgan fingerprint density at radius 2 is 2.14 bits per heavy atom. The first-order valence-electron chi connectivity index (χ1n) is 9.59. The van der Waals surface area contributed by atoms with Crippen molar-refractivity contribution in [3.8, 4) is 16.9 Å². The number of carbonyl (C=O) groups is 2. The molecule has 0 unspecified atom stereocenters. The molecule has 0 bridgehead atoms. The molecule has 1 saturated heterocycles. The van der Waals surface area contributed by atoms with Gasteiger partial charge in [0.1, 0.15) is 11.9 Å². The fourth-order valence-electron chi connectivity index (χ4n) is 3.77. The second-order valence-corrected chi connectivity index (χ2v) is 7.23. The monoisotopic (exact) mass is 380 g/mol. The Morgan fingerprint density at radius 3 is 2.89 bits per heavy atom. The molecule has 28 heavy (non-hydrogen) atoms. The van der Waals surface area contributed by atoms with Gasteiger partial charge in [-0.1, -0.05) is 19.1 Å². The molecule has 0 radical (unpaired) electrons. The fourth-order valence-corrected chi connectivity index (χ4v) is 3.77. The van der Waals surface area contributed by atoms with Gasteiger partial charge in [0.05, 0.1) is 18.2 Å². The summed E-state index contributed by atoms with van der Waals surface area (Å²) in [6.07, 6.45) is 4.13. The number of hydrogen-bond acceptors (Lipinski definition) is 4. The molecule has 3 heterocycles. The van der Waals surface area contributed by atoms with Crippen LogP contribution in [0.5, 0.6) is 5.75 Å². The third kappa shape index (κ3) is 3.28. The van der Waals surface area contributed by atoms with E-state index in [0.717, 1.165) is 17.5 Å². The van der Waals surface area contributed by atoms with Crippen molar-refractivity contribution in [2.75, 3.05) is 26.7 Å². The van der Waals surface area contributed by atoms with Gasteiger partial charge in [0.2, 0.25) is 0 Å². The summed E-state index contributed by atoms with van der Waals surface area (Å²) in [4.78, 5) is 32.9. The molecule has 2 atom stereocenters. The van der Waals surface area contributed by atoms with Crippen LogP contribution in [0.25, 0.3) is 11.1 Å². The molecule has 1 aromatic carbocycles. The highest BCUT2D eigenvalue weighted by Crippen LogP contribution is 2.34. The highest BCUT2D eigenvalue weighted by Gasteiger charge is 2.43. The van der Waals surface area contributed by atoms with Gasteiger partial charge in [0, 0.05) is 38.1 Å². The van der Waals surface area contributed by atoms with Crippen molar-refractivity contribution in [2.24, 2.45) is 0 Å². The second kappa shape index (κ2) is 7.50. The van der Waals surface area contributed by atoms with Crippen molar-refractivity contribution in [3.63, 3.8) is 0 Å². The Bertz CT molecular complexity index is 886. The largest absolute Gasteiger partial charge is 0.485 e. The normalized spacial score (nSPS) is 20.9. The molecule has 7 nitrogen and oxygen atoms in total. The van der Waals surface area contributed by atoms with E-state index in [9.17, 15) is 9.59 Å². The lowest BCUT2D eigenvalue weighted by Gasteiger charge is -2.25. The Labute approximate surface area is 164 Å². The van der Waals surface area contributed by atoms with Gasteiger partial charge in [-0.2, -0.15) is 0 Å². The van der Waals surface area contributed by atoms with Crippen LogP contribution in [0.4, 0.5) is 4.79 Å². The van der Waals surface area contributed by atoms with E-state index in [1.807, 2.05) is 37.3 Å². The number of ether oxygens (including phenoxy) is 1. The van der Waals surface area contributed by atoms with E-state index in [1.54, 1.807) is 29.2 Å². The van der Waals surface area contributed by atoms with E-state index in [-0.39, 0.29) is 24.1 Å². The van der Waals surface area contributed by atoms with Crippen LogP contribution in [0.15, 0.2) is 42.7 Å². The third-order valence-electron chi connectivity index (χ3n) is 5.35. The van der Waals surface area contributed by atoms with Crippen molar-refractivity contribution in [3.05, 3.63) is 48.3 Å². The average molecular weight is 380 g/mol. The summed E-state index contributed by atoms with van der Waals surface area (Å²) in [5.41, 5.74) is 2.45. The molecule has 0 aliphatic carbocycles. The number of likely N-dealkylation sites (N-methyl/N-ethyl adjacent to an activating group) is 1. The fraction of sp³-hybridized carbons (Fsp3) is 0.381. The molecule has 0 saturated carbocycles. The number of nitrogens with zero attached hydrogens (tertiary/aromatic N) is 3. The molecule has 0 spiro atoms. The smallest absolute Gasteiger partial charge is 0.317 e. The van der Waals surface area contributed by atoms with E-state index < -0.39 is 0 Å². The topological polar surface area (TPSA) is 74.8 Å². The van der Waals surface area contributed by atoms with Gasteiger partial charge in [0.15, 0.2) is 0 Å². The number of benzene rings is 1. The van der Waals surface area contributed by atoms with Gasteiger partial charge in [-0.05, 0) is 30.2 Å². The lowest BCUT2D eigenvalue weighted by molar-refractivity contribution is 0.0682. The van der Waals surface area contributed by atoms with Crippen LogP contribution in [-0.2, 0) is 0 Å². The van der Waals surface area contributed by atoms with E-state index in [2.05, 4.69) is 10.3 Å². The molecular weight excluding hydrogens is 356 g/mol. The number of amides is 3. The quantitative estimate of drug-likeness (QED) is 0.887. The molecule has 2 aliphatic heterocycles. The van der Waals surface area contributed by atoms with Crippen LogP contribution >= 0.6 is 0 Å². The zero-order valence-electron chi connectivity index (χ0n) is 16.1. The standard InChI is InChI=1S/C21H24N4O3/c1-3-8-23-21(27)25-12-17-19(13-25)28-18-10-14(15-5-4-9-22-11-15)6-7-16(18)20(26)24(17)2/h4-7,9-11,17,19H,3,8,12-13H2,1-2H3,(H,23,27)/t17-,19+/m1/s1. The average Bonchev–Trinajstić information content (AvgIpc) is 3.11. The summed E-state index contributed by atoms with van der Waals surface area (Å²) in [5, 5.41) is 2.90. The minimum Gasteiger partial charge on any atom is -0.485 e. The van der Waals surface area contributed by atoms with Gasteiger partial charge in [0.25, 0.3) is 5.91 Å². The van der Waals surface area contributed by atoms with Crippen molar-refractivity contribution >= 4 is 11.9 Å². The predicted molar refractivity (Wildman–Crippen MR) is 105 cm³/mol. The first-order valence-corrected chi connectivity index (χ1v) is 9.59. The molecule has 3 amide bonds. The highest BCUT2D eigenvalue weighted by molar-refractivity contribution is 5.98. The predicted octanol–water partition coefficient (Wildman–Crippen LogP) is 2.39. The molecule has 2 aliphatic rings. The van der Waals surface area contributed by atoms with Crippen molar-refractivity contribution in [1.29, 1.82) is 0 Å². The van der Waals surface area contributed by atoms with Crippen LogP contribution in [-0.4, -0.2) is 65.5 Å². The van der Waals surface area contributed by atoms with E-state index >= 15 is 0 Å². The van der Waals surface area contributed by atoms with Gasteiger partial charge >= 0.3 is 6.03 Å². The number of fused-ring (bicyclic) bond motifs is 2. The molecule has 2 aromatic rings. The second-order valence-electron chi connectivity index (χ2n) is 7.23. The third-order valence-corrected chi connectivity index (χ3v) is 5.35. The Morgan fingerprint density at radius 1 is 1.29 bits per heavy atom. The SMILES string of the molecule is CCCNC(=O)N1C[C@@H]2Oc3cc(-c4cccnc4)ccc3C(=O)N(C)[C@@H]2C1. The van der Waals surface area contributed by atoms with E-state index in [4.69, 9.17) is 4.74 Å². The van der Waals surface area contributed by atoms with Crippen molar-refractivity contribution in [2.45, 2.75) is 25.5 Å².